The first-order chi connectivity index (χ1) is 9.40. The van der Waals surface area contributed by atoms with Crippen LogP contribution in [-0.4, -0.2) is 47.2 Å². The minimum Gasteiger partial charge on any atom is -0.480 e. The van der Waals surface area contributed by atoms with Gasteiger partial charge in [-0.1, -0.05) is 20.8 Å². The van der Waals surface area contributed by atoms with Crippen LogP contribution < -0.4 is 5.32 Å². The average molecular weight is 282 g/mol. The number of piperidine rings is 1. The summed E-state index contributed by atoms with van der Waals surface area (Å²) in [5.74, 6) is 0.944. The molecule has 2 fully saturated rings. The second kappa shape index (κ2) is 6.02. The number of rotatable bonds is 6. The van der Waals surface area contributed by atoms with E-state index in [1.165, 1.54) is 6.42 Å². The summed E-state index contributed by atoms with van der Waals surface area (Å²) in [6, 6.07) is 0.474. The number of likely N-dealkylation sites (N-methyl/N-ethyl adjacent to an activating group) is 1. The van der Waals surface area contributed by atoms with Gasteiger partial charge < -0.3 is 10.4 Å². The Labute approximate surface area is 122 Å². The van der Waals surface area contributed by atoms with Crippen molar-refractivity contribution in [1.82, 2.24) is 10.2 Å². The molecule has 0 aromatic heterocycles. The van der Waals surface area contributed by atoms with Crippen molar-refractivity contribution < 1.29 is 9.90 Å². The van der Waals surface area contributed by atoms with E-state index in [0.29, 0.717) is 30.3 Å². The molecule has 4 heteroatoms. The minimum absolute atomic E-state index is 0.305. The number of nitrogens with zero attached hydrogens (tertiary/aromatic N) is 1. The lowest BCUT2D eigenvalue weighted by Crippen LogP contribution is -2.63. The van der Waals surface area contributed by atoms with Crippen LogP contribution in [0.25, 0.3) is 0 Å². The van der Waals surface area contributed by atoms with Crippen LogP contribution in [0.3, 0.4) is 0 Å². The molecule has 1 saturated carbocycles. The van der Waals surface area contributed by atoms with Crippen molar-refractivity contribution in [2.24, 2.45) is 17.8 Å². The van der Waals surface area contributed by atoms with E-state index in [1.54, 1.807) is 0 Å². The van der Waals surface area contributed by atoms with Crippen LogP contribution >= 0.6 is 0 Å². The molecular formula is C16H30N2O2. The fraction of sp³-hybridized carbons (Fsp3) is 0.938. The molecule has 2 aliphatic rings. The highest BCUT2D eigenvalue weighted by atomic mass is 16.4. The lowest BCUT2D eigenvalue weighted by Gasteiger charge is -2.45. The van der Waals surface area contributed by atoms with E-state index in [4.69, 9.17) is 0 Å². The molecule has 0 aromatic carbocycles. The van der Waals surface area contributed by atoms with E-state index in [9.17, 15) is 9.90 Å². The molecule has 0 bridgehead atoms. The van der Waals surface area contributed by atoms with Crippen LogP contribution in [0.5, 0.6) is 0 Å². The van der Waals surface area contributed by atoms with E-state index < -0.39 is 11.5 Å². The summed E-state index contributed by atoms with van der Waals surface area (Å²) in [5.41, 5.74) is -0.736. The van der Waals surface area contributed by atoms with Gasteiger partial charge in [-0.2, -0.15) is 0 Å². The fourth-order valence-electron chi connectivity index (χ4n) is 3.90. The molecule has 4 atom stereocenters. The Hall–Kier alpha value is -0.610. The van der Waals surface area contributed by atoms with Gasteiger partial charge in [0.05, 0.1) is 0 Å². The summed E-state index contributed by atoms with van der Waals surface area (Å²) in [6.07, 6.45) is 3.35. The van der Waals surface area contributed by atoms with Crippen LogP contribution in [0.1, 0.15) is 47.0 Å². The van der Waals surface area contributed by atoms with E-state index in [1.807, 2.05) is 6.92 Å². The van der Waals surface area contributed by atoms with Crippen molar-refractivity contribution in [2.45, 2.75) is 58.5 Å². The summed E-state index contributed by atoms with van der Waals surface area (Å²) < 4.78 is 0. The number of carboxylic acids is 1. The Morgan fingerprint density at radius 3 is 2.50 bits per heavy atom. The van der Waals surface area contributed by atoms with Gasteiger partial charge in [0.25, 0.3) is 0 Å². The predicted octanol–water partition coefficient (Wildman–Crippen LogP) is 2.20. The largest absolute Gasteiger partial charge is 0.480 e. The zero-order chi connectivity index (χ0) is 14.9. The maximum absolute atomic E-state index is 11.9. The highest BCUT2D eigenvalue weighted by Gasteiger charge is 2.52. The molecular weight excluding hydrogens is 252 g/mol. The molecule has 4 nitrogen and oxygen atoms in total. The molecule has 1 saturated heterocycles. The van der Waals surface area contributed by atoms with Gasteiger partial charge in [0.2, 0.25) is 0 Å². The number of aliphatic carboxylic acids is 1. The Morgan fingerprint density at radius 1 is 1.35 bits per heavy atom. The summed E-state index contributed by atoms with van der Waals surface area (Å²) in [5, 5.41) is 13.1. The summed E-state index contributed by atoms with van der Waals surface area (Å²) >= 11 is 0. The lowest BCUT2D eigenvalue weighted by atomic mass is 9.83. The standard InChI is InChI=1S/C16H30N2O2/c1-5-17-16(15(19)20,14-6-7-14)10-18-9-11(2)8-12(3)13(18)4/h11-14,17H,5-10H2,1-4H3,(H,19,20). The first kappa shape index (κ1) is 15.8. The smallest absolute Gasteiger partial charge is 0.325 e. The second-order valence-corrected chi connectivity index (χ2v) is 7.07. The van der Waals surface area contributed by atoms with Crippen molar-refractivity contribution >= 4 is 5.97 Å². The topological polar surface area (TPSA) is 52.6 Å². The number of carboxylic acid groups (broad SMARTS) is 1. The monoisotopic (exact) mass is 282 g/mol. The zero-order valence-electron chi connectivity index (χ0n) is 13.4. The van der Waals surface area contributed by atoms with Gasteiger partial charge in [-0.15, -0.1) is 0 Å². The molecule has 0 aromatic rings. The molecule has 1 aliphatic carbocycles. The van der Waals surface area contributed by atoms with Gasteiger partial charge in [0, 0.05) is 19.1 Å². The number of carbonyl (C=O) groups is 1. The van der Waals surface area contributed by atoms with Crippen molar-refractivity contribution in [1.29, 1.82) is 0 Å². The van der Waals surface area contributed by atoms with Gasteiger partial charge in [-0.3, -0.25) is 9.69 Å². The van der Waals surface area contributed by atoms with Crippen molar-refractivity contribution in [3.63, 3.8) is 0 Å². The second-order valence-electron chi connectivity index (χ2n) is 7.07. The van der Waals surface area contributed by atoms with Gasteiger partial charge in [-0.05, 0) is 50.5 Å². The van der Waals surface area contributed by atoms with Crippen molar-refractivity contribution in [3.8, 4) is 0 Å². The molecule has 20 heavy (non-hydrogen) atoms. The zero-order valence-corrected chi connectivity index (χ0v) is 13.4. The van der Waals surface area contributed by atoms with Crippen LogP contribution in [0, 0.1) is 17.8 Å². The van der Waals surface area contributed by atoms with Gasteiger partial charge >= 0.3 is 5.97 Å². The van der Waals surface area contributed by atoms with Gasteiger partial charge in [0.1, 0.15) is 5.54 Å². The Kier molecular flexibility index (Phi) is 4.75. The third-order valence-corrected chi connectivity index (χ3v) is 5.32. The normalized spacial score (nSPS) is 34.7. The number of nitrogens with one attached hydrogen (secondary N) is 1. The Balaban J connectivity index is 2.16. The first-order valence-electron chi connectivity index (χ1n) is 8.13. The Morgan fingerprint density at radius 2 is 2.00 bits per heavy atom. The quantitative estimate of drug-likeness (QED) is 0.784. The third-order valence-electron chi connectivity index (χ3n) is 5.32. The maximum atomic E-state index is 11.9. The molecule has 0 radical (unpaired) electrons. The third kappa shape index (κ3) is 3.01. The van der Waals surface area contributed by atoms with E-state index >= 15 is 0 Å². The molecule has 2 rings (SSSR count). The van der Waals surface area contributed by atoms with Crippen LogP contribution in [0.2, 0.25) is 0 Å². The lowest BCUT2D eigenvalue weighted by molar-refractivity contribution is -0.148. The Bertz CT molecular complexity index is 356. The molecule has 0 spiro atoms. The van der Waals surface area contributed by atoms with Crippen LogP contribution in [0.4, 0.5) is 0 Å². The predicted molar refractivity (Wildman–Crippen MR) is 80.7 cm³/mol. The van der Waals surface area contributed by atoms with E-state index in [2.05, 4.69) is 31.0 Å². The van der Waals surface area contributed by atoms with E-state index in [0.717, 1.165) is 25.9 Å². The van der Waals surface area contributed by atoms with Crippen LogP contribution in [0.15, 0.2) is 0 Å². The highest BCUT2D eigenvalue weighted by molar-refractivity contribution is 5.80. The summed E-state index contributed by atoms with van der Waals surface area (Å²) in [4.78, 5) is 14.4. The molecule has 4 unspecified atom stereocenters. The minimum atomic E-state index is -0.736. The highest BCUT2D eigenvalue weighted by Crippen LogP contribution is 2.41. The SMILES string of the molecule is CCNC(CN1CC(C)CC(C)C1C)(C(=O)O)C1CC1. The first-order valence-corrected chi connectivity index (χ1v) is 8.13. The number of likely N-dealkylation sites (tertiary alicyclic amines) is 1. The van der Waals surface area contributed by atoms with Gasteiger partial charge in [-0.25, -0.2) is 0 Å². The molecule has 1 heterocycles. The summed E-state index contributed by atoms with van der Waals surface area (Å²) in [6.45, 7) is 11.2. The number of hydrogen-bond acceptors (Lipinski definition) is 3. The van der Waals surface area contributed by atoms with Crippen molar-refractivity contribution in [3.05, 3.63) is 0 Å². The molecule has 2 N–H and O–H groups in total. The number of hydrogen-bond donors (Lipinski definition) is 2. The van der Waals surface area contributed by atoms with E-state index in [-0.39, 0.29) is 0 Å². The molecule has 116 valence electrons. The maximum Gasteiger partial charge on any atom is 0.325 e. The van der Waals surface area contributed by atoms with Crippen LogP contribution in [-0.2, 0) is 4.79 Å². The molecule has 1 aliphatic heterocycles. The fourth-order valence-corrected chi connectivity index (χ4v) is 3.90. The van der Waals surface area contributed by atoms with Crippen molar-refractivity contribution in [2.75, 3.05) is 19.6 Å². The average Bonchev–Trinajstić information content (AvgIpc) is 3.18. The molecule has 0 amide bonds. The van der Waals surface area contributed by atoms with Gasteiger partial charge in [0.15, 0.2) is 0 Å². The summed E-state index contributed by atoms with van der Waals surface area (Å²) in [7, 11) is 0.